The van der Waals surface area contributed by atoms with Crippen LogP contribution in [-0.2, 0) is 4.74 Å². The number of hydrogen-bond acceptors (Lipinski definition) is 4. The van der Waals surface area contributed by atoms with Gasteiger partial charge in [-0.25, -0.2) is 0 Å². The lowest BCUT2D eigenvalue weighted by atomic mass is 9.47. The van der Waals surface area contributed by atoms with Gasteiger partial charge < -0.3 is 14.9 Å². The lowest BCUT2D eigenvalue weighted by Gasteiger charge is -2.60. The molecular formula is C29H43NO3. The second-order valence-corrected chi connectivity index (χ2v) is 14.2. The maximum Gasteiger partial charge on any atom is 0.0793 e. The molecule has 0 bridgehead atoms. The Kier molecular flexibility index (Phi) is 3.95. The number of piperidine rings is 1. The maximum absolute atomic E-state index is 10.3. The van der Waals surface area contributed by atoms with E-state index in [1.54, 1.807) is 5.57 Å². The molecule has 4 nitrogen and oxygen atoms in total. The fourth-order valence-electron chi connectivity index (χ4n) is 12.3. The van der Waals surface area contributed by atoms with Crippen LogP contribution in [0.1, 0.15) is 78.1 Å². The smallest absolute Gasteiger partial charge is 0.0793 e. The van der Waals surface area contributed by atoms with Crippen LogP contribution in [0.4, 0.5) is 0 Å². The second kappa shape index (κ2) is 6.28. The first-order chi connectivity index (χ1) is 15.9. The number of aliphatic hydroxyl groups excluding tert-OH is 2. The minimum Gasteiger partial charge on any atom is -0.395 e. The van der Waals surface area contributed by atoms with Crippen LogP contribution < -0.4 is 0 Å². The third-order valence-electron chi connectivity index (χ3n) is 13.4. The molecule has 4 heteroatoms. The highest BCUT2D eigenvalue weighted by Gasteiger charge is 2.91. The van der Waals surface area contributed by atoms with Crippen LogP contribution in [-0.4, -0.2) is 58.7 Å². The van der Waals surface area contributed by atoms with Gasteiger partial charge in [-0.3, -0.25) is 4.90 Å². The summed E-state index contributed by atoms with van der Waals surface area (Å²) in [6.07, 6.45) is 15.4. The van der Waals surface area contributed by atoms with Crippen LogP contribution in [0.15, 0.2) is 11.6 Å². The van der Waals surface area contributed by atoms with Crippen LogP contribution in [0.25, 0.3) is 0 Å². The summed E-state index contributed by atoms with van der Waals surface area (Å²) >= 11 is 0. The van der Waals surface area contributed by atoms with Crippen molar-refractivity contribution in [3.05, 3.63) is 11.6 Å². The summed E-state index contributed by atoms with van der Waals surface area (Å²) in [7, 11) is 0. The number of ether oxygens (including phenoxy) is 1. The van der Waals surface area contributed by atoms with Gasteiger partial charge in [-0.15, -0.1) is 0 Å². The van der Waals surface area contributed by atoms with Gasteiger partial charge in [-0.1, -0.05) is 25.5 Å². The molecule has 0 radical (unpaired) electrons. The first kappa shape index (κ1) is 20.7. The minimum absolute atomic E-state index is 0.159. The van der Waals surface area contributed by atoms with Gasteiger partial charge in [0.25, 0.3) is 0 Å². The molecule has 0 aromatic rings. The molecule has 2 aliphatic heterocycles. The molecule has 0 aromatic heterocycles. The summed E-state index contributed by atoms with van der Waals surface area (Å²) in [6, 6.07) is 0.559. The topological polar surface area (TPSA) is 52.9 Å². The fraction of sp³-hybridized carbons (Fsp3) is 0.931. The quantitative estimate of drug-likeness (QED) is 0.617. The molecule has 2 heterocycles. The Labute approximate surface area is 199 Å². The average molecular weight is 454 g/mol. The Hall–Kier alpha value is -0.420. The third kappa shape index (κ3) is 2.18. The van der Waals surface area contributed by atoms with Crippen molar-refractivity contribution in [3.63, 3.8) is 0 Å². The first-order valence-corrected chi connectivity index (χ1v) is 14.3. The van der Waals surface area contributed by atoms with Crippen LogP contribution >= 0.6 is 0 Å². The van der Waals surface area contributed by atoms with Crippen molar-refractivity contribution in [2.24, 2.45) is 45.8 Å². The largest absolute Gasteiger partial charge is 0.395 e. The van der Waals surface area contributed by atoms with Gasteiger partial charge in [0, 0.05) is 30.5 Å². The fourth-order valence-corrected chi connectivity index (χ4v) is 12.3. The van der Waals surface area contributed by atoms with E-state index in [0.717, 1.165) is 37.3 Å². The van der Waals surface area contributed by atoms with Crippen LogP contribution in [0.3, 0.4) is 0 Å². The van der Waals surface area contributed by atoms with E-state index in [1.807, 2.05) is 0 Å². The number of fused-ring (bicyclic) bond motifs is 6. The lowest BCUT2D eigenvalue weighted by Crippen LogP contribution is -2.64. The number of β-amino-alcohol motifs (C(OH)–C–C–N with tert-alkyl or cyclic N) is 1. The second-order valence-electron chi connectivity index (χ2n) is 14.2. The summed E-state index contributed by atoms with van der Waals surface area (Å²) < 4.78 is 7.28. The van der Waals surface area contributed by atoms with Crippen molar-refractivity contribution in [2.75, 3.05) is 19.7 Å². The van der Waals surface area contributed by atoms with E-state index in [1.165, 1.54) is 57.8 Å². The van der Waals surface area contributed by atoms with E-state index < -0.39 is 0 Å². The highest BCUT2D eigenvalue weighted by atomic mass is 16.5. The predicted octanol–water partition coefficient (Wildman–Crippen LogP) is 4.15. The number of allylic oxidation sites excluding steroid dienone is 1. The molecule has 12 atom stereocenters. The Morgan fingerprint density at radius 1 is 1.12 bits per heavy atom. The molecule has 7 fully saturated rings. The molecular weight excluding hydrogens is 410 g/mol. The average Bonchev–Trinajstić information content (AvgIpc) is 3.25. The zero-order chi connectivity index (χ0) is 22.4. The van der Waals surface area contributed by atoms with Crippen molar-refractivity contribution in [2.45, 2.75) is 102 Å². The zero-order valence-electron chi connectivity index (χ0n) is 20.6. The monoisotopic (exact) mass is 453 g/mol. The summed E-state index contributed by atoms with van der Waals surface area (Å²) in [4.78, 5) is 2.62. The summed E-state index contributed by atoms with van der Waals surface area (Å²) in [5, 5.41) is 20.1. The van der Waals surface area contributed by atoms with Crippen molar-refractivity contribution < 1.29 is 14.9 Å². The maximum atomic E-state index is 10.3. The predicted molar refractivity (Wildman–Crippen MR) is 126 cm³/mol. The van der Waals surface area contributed by atoms with E-state index in [4.69, 9.17) is 4.74 Å². The number of nitrogens with zero attached hydrogens (tertiary/aromatic N) is 1. The third-order valence-corrected chi connectivity index (χ3v) is 13.4. The molecule has 8 aliphatic rings. The van der Waals surface area contributed by atoms with Gasteiger partial charge in [0.05, 0.1) is 24.4 Å². The van der Waals surface area contributed by atoms with Crippen molar-refractivity contribution in [1.82, 2.24) is 4.90 Å². The van der Waals surface area contributed by atoms with Crippen molar-refractivity contribution >= 4 is 0 Å². The van der Waals surface area contributed by atoms with Gasteiger partial charge in [0.15, 0.2) is 0 Å². The minimum atomic E-state index is -0.200. The van der Waals surface area contributed by atoms with E-state index >= 15 is 0 Å². The van der Waals surface area contributed by atoms with Gasteiger partial charge in [0.1, 0.15) is 0 Å². The van der Waals surface area contributed by atoms with Crippen molar-refractivity contribution in [3.8, 4) is 0 Å². The van der Waals surface area contributed by atoms with Gasteiger partial charge in [-0.2, -0.15) is 0 Å². The highest BCUT2D eigenvalue weighted by molar-refractivity contribution is 5.41. The molecule has 3 unspecified atom stereocenters. The number of likely N-dealkylation sites (tertiary alicyclic amines) is 1. The summed E-state index contributed by atoms with van der Waals surface area (Å²) in [5.41, 5.74) is 3.14. The van der Waals surface area contributed by atoms with E-state index in [9.17, 15) is 10.2 Å². The Balaban J connectivity index is 1.13. The number of aliphatic hydroxyl groups is 2. The molecule has 6 aliphatic carbocycles. The van der Waals surface area contributed by atoms with Crippen molar-refractivity contribution in [1.29, 1.82) is 0 Å². The summed E-state index contributed by atoms with van der Waals surface area (Å²) in [5.74, 6) is 4.05. The van der Waals surface area contributed by atoms with Crippen LogP contribution in [0.5, 0.6) is 0 Å². The normalized spacial score (nSPS) is 62.5. The van der Waals surface area contributed by atoms with E-state index in [2.05, 4.69) is 24.8 Å². The van der Waals surface area contributed by atoms with Crippen LogP contribution in [0.2, 0.25) is 0 Å². The first-order valence-electron chi connectivity index (χ1n) is 14.3. The molecule has 0 amide bonds. The Morgan fingerprint density at radius 3 is 2.85 bits per heavy atom. The summed E-state index contributed by atoms with van der Waals surface area (Å²) in [6.45, 7) is 7.19. The molecule has 182 valence electrons. The van der Waals surface area contributed by atoms with Gasteiger partial charge in [0.2, 0.25) is 0 Å². The molecule has 2 saturated heterocycles. The standard InChI is InChI=1S/C29H43NO3/c1-17-11-24-25(30(15-17)9-10-31)23-14-28-16-27(28)13-22-20(21(27)6-8-29(23,28)33-24)4-3-18-12-19(32)5-7-26(18,22)2/h12,17,19-25,31-32H,3-11,13-16H2,1-2H3/t17-,19-,20?,21-,22-,23+,24+,25-,26-,27?,28?,29+/m0/s1. The molecule has 0 aromatic carbocycles. The molecule has 2 N–H and O–H groups in total. The van der Waals surface area contributed by atoms with Gasteiger partial charge in [-0.05, 0) is 98.7 Å². The van der Waals surface area contributed by atoms with E-state index in [-0.39, 0.29) is 18.3 Å². The molecule has 5 saturated carbocycles. The number of rotatable bonds is 2. The Morgan fingerprint density at radius 2 is 2.00 bits per heavy atom. The Bertz CT molecular complexity index is 919. The number of hydrogen-bond donors (Lipinski definition) is 2. The SMILES string of the molecule is C[C@H]1C[C@H]2O[C@@]34CC[C@H]5C6CCC7=C[C@@H](O)CC[C@]7(C)[C@H]6CC56CC63C[C@@H]4[C@@H]2N(CCO)C1. The zero-order valence-corrected chi connectivity index (χ0v) is 20.6. The molecule has 8 rings (SSSR count). The van der Waals surface area contributed by atoms with Gasteiger partial charge >= 0.3 is 0 Å². The lowest BCUT2D eigenvalue weighted by molar-refractivity contribution is -0.211. The molecule has 33 heavy (non-hydrogen) atoms. The highest BCUT2D eigenvalue weighted by Crippen LogP contribution is 2.93. The van der Waals surface area contributed by atoms with E-state index in [0.29, 0.717) is 40.2 Å². The molecule has 3 spiro atoms. The van der Waals surface area contributed by atoms with Crippen LogP contribution in [0, 0.1) is 45.8 Å².